The lowest BCUT2D eigenvalue weighted by molar-refractivity contribution is 0.0887. The quantitative estimate of drug-likeness (QED) is 0.666. The maximum atomic E-state index is 12.3. The highest BCUT2D eigenvalue weighted by molar-refractivity contribution is 5.92. The first-order chi connectivity index (χ1) is 15.9. The molecule has 9 heteroatoms. The number of likely N-dealkylation sites (tertiary alicyclic amines) is 1. The maximum absolute atomic E-state index is 12.3. The number of amides is 1. The van der Waals surface area contributed by atoms with Gasteiger partial charge in [-0.3, -0.25) is 14.5 Å². The third-order valence-corrected chi connectivity index (χ3v) is 6.80. The van der Waals surface area contributed by atoms with Gasteiger partial charge < -0.3 is 15.2 Å². The Balaban J connectivity index is 1.28. The molecule has 7 nitrogen and oxygen atoms in total. The van der Waals surface area contributed by atoms with Crippen molar-refractivity contribution in [2.75, 3.05) is 37.6 Å². The van der Waals surface area contributed by atoms with Crippen LogP contribution in [0, 0.1) is 0 Å². The summed E-state index contributed by atoms with van der Waals surface area (Å²) in [6.45, 7) is 5.12. The molecule has 178 valence electrons. The predicted octanol–water partition coefficient (Wildman–Crippen LogP) is 2.79. The summed E-state index contributed by atoms with van der Waals surface area (Å²) in [7, 11) is 0. The zero-order valence-corrected chi connectivity index (χ0v) is 18.9. The molecular weight excluding hydrogens is 428 g/mol. The van der Waals surface area contributed by atoms with Crippen LogP contribution in [0.4, 0.5) is 14.5 Å². The van der Waals surface area contributed by atoms with E-state index in [9.17, 15) is 18.4 Å². The molecule has 2 aliphatic heterocycles. The van der Waals surface area contributed by atoms with Gasteiger partial charge in [-0.15, -0.1) is 0 Å². The SMILES string of the molecule is CCc1ccc(C2CCN(C3CCN(c4ccc(C(=O)NCC(F)F)nc4)CC3)C2)[nH]c1=O. The van der Waals surface area contributed by atoms with E-state index in [1.165, 1.54) is 0 Å². The van der Waals surface area contributed by atoms with Gasteiger partial charge in [0.1, 0.15) is 5.69 Å². The van der Waals surface area contributed by atoms with E-state index in [1.54, 1.807) is 12.3 Å². The summed E-state index contributed by atoms with van der Waals surface area (Å²) in [5, 5.41) is 2.17. The lowest BCUT2D eigenvalue weighted by Crippen LogP contribution is -2.44. The van der Waals surface area contributed by atoms with Crippen LogP contribution in [0.1, 0.15) is 53.8 Å². The Morgan fingerprint density at radius 3 is 2.61 bits per heavy atom. The Bertz CT molecular complexity index is 1000. The monoisotopic (exact) mass is 459 g/mol. The van der Waals surface area contributed by atoms with Crippen molar-refractivity contribution in [2.24, 2.45) is 0 Å². The minimum absolute atomic E-state index is 0.0351. The number of H-pyrrole nitrogens is 1. The molecule has 2 saturated heterocycles. The van der Waals surface area contributed by atoms with Crippen LogP contribution in [-0.2, 0) is 6.42 Å². The molecule has 33 heavy (non-hydrogen) atoms. The Labute approximate surface area is 192 Å². The van der Waals surface area contributed by atoms with Crippen molar-refractivity contribution >= 4 is 11.6 Å². The van der Waals surface area contributed by atoms with E-state index >= 15 is 0 Å². The maximum Gasteiger partial charge on any atom is 0.270 e. The second-order valence-electron chi connectivity index (χ2n) is 8.82. The van der Waals surface area contributed by atoms with Crippen LogP contribution in [0.25, 0.3) is 0 Å². The predicted molar refractivity (Wildman–Crippen MR) is 123 cm³/mol. The number of pyridine rings is 2. The summed E-state index contributed by atoms with van der Waals surface area (Å²) >= 11 is 0. The van der Waals surface area contributed by atoms with Crippen LogP contribution in [-0.4, -0.2) is 66.0 Å². The summed E-state index contributed by atoms with van der Waals surface area (Å²) < 4.78 is 24.5. The van der Waals surface area contributed by atoms with E-state index in [0.717, 1.165) is 68.8 Å². The van der Waals surface area contributed by atoms with Gasteiger partial charge in [0.15, 0.2) is 0 Å². The number of hydrogen-bond donors (Lipinski definition) is 2. The second kappa shape index (κ2) is 10.4. The first-order valence-electron chi connectivity index (χ1n) is 11.7. The Morgan fingerprint density at radius 2 is 1.97 bits per heavy atom. The average Bonchev–Trinajstić information content (AvgIpc) is 3.33. The van der Waals surface area contributed by atoms with Crippen molar-refractivity contribution in [1.29, 1.82) is 0 Å². The van der Waals surface area contributed by atoms with Crippen LogP contribution < -0.4 is 15.8 Å². The molecule has 0 saturated carbocycles. The zero-order chi connectivity index (χ0) is 23.4. The van der Waals surface area contributed by atoms with E-state index < -0.39 is 18.9 Å². The van der Waals surface area contributed by atoms with Crippen LogP contribution in [0.5, 0.6) is 0 Å². The number of carbonyl (C=O) groups excluding carboxylic acids is 1. The standard InChI is InChI=1S/C24H31F2N5O2/c1-2-16-3-5-20(29-23(16)32)17-7-10-31(15-17)18-8-11-30(12-9-18)19-4-6-21(27-13-19)24(33)28-14-22(25)26/h3-6,13,17-18,22H,2,7-12,14-15H2,1H3,(H,28,33)(H,29,32). The fraction of sp³-hybridized carbons (Fsp3) is 0.542. The molecule has 2 fully saturated rings. The van der Waals surface area contributed by atoms with Crippen molar-refractivity contribution < 1.29 is 13.6 Å². The number of nitrogens with zero attached hydrogens (tertiary/aromatic N) is 3. The van der Waals surface area contributed by atoms with Gasteiger partial charge in [-0.25, -0.2) is 13.8 Å². The van der Waals surface area contributed by atoms with Gasteiger partial charge in [0.05, 0.1) is 18.4 Å². The Hall–Kier alpha value is -2.81. The van der Waals surface area contributed by atoms with Crippen LogP contribution in [0.2, 0.25) is 0 Å². The van der Waals surface area contributed by atoms with Crippen LogP contribution in [0.15, 0.2) is 35.3 Å². The Kier molecular flexibility index (Phi) is 7.37. The number of anilines is 1. The molecule has 2 aliphatic rings. The Morgan fingerprint density at radius 1 is 1.18 bits per heavy atom. The molecule has 0 spiro atoms. The number of piperidine rings is 1. The molecule has 1 unspecified atom stereocenters. The average molecular weight is 460 g/mol. The highest BCUT2D eigenvalue weighted by Crippen LogP contribution is 2.30. The lowest BCUT2D eigenvalue weighted by Gasteiger charge is -2.37. The summed E-state index contributed by atoms with van der Waals surface area (Å²) in [4.78, 5) is 36.1. The molecule has 0 bridgehead atoms. The van der Waals surface area contributed by atoms with Gasteiger partial charge in [0, 0.05) is 42.9 Å². The van der Waals surface area contributed by atoms with Crippen molar-refractivity contribution in [3.8, 4) is 0 Å². The number of hydrogen-bond acceptors (Lipinski definition) is 5. The highest BCUT2D eigenvalue weighted by atomic mass is 19.3. The fourth-order valence-electron chi connectivity index (χ4n) is 4.87. The topological polar surface area (TPSA) is 81.3 Å². The van der Waals surface area contributed by atoms with Gasteiger partial charge in [-0.05, 0) is 50.4 Å². The summed E-state index contributed by atoms with van der Waals surface area (Å²) in [6, 6.07) is 7.95. The molecule has 1 atom stereocenters. The van der Waals surface area contributed by atoms with E-state index in [4.69, 9.17) is 0 Å². The van der Waals surface area contributed by atoms with Crippen molar-refractivity contribution in [2.45, 2.75) is 51.0 Å². The highest BCUT2D eigenvalue weighted by Gasteiger charge is 2.32. The number of rotatable bonds is 7. The molecule has 2 N–H and O–H groups in total. The summed E-state index contributed by atoms with van der Waals surface area (Å²) in [6.07, 6.45) is 2.93. The number of alkyl halides is 2. The fourth-order valence-corrected chi connectivity index (χ4v) is 4.87. The van der Waals surface area contributed by atoms with E-state index in [2.05, 4.69) is 31.2 Å². The van der Waals surface area contributed by atoms with Gasteiger partial charge in [-0.1, -0.05) is 13.0 Å². The van der Waals surface area contributed by atoms with Gasteiger partial charge >= 0.3 is 0 Å². The van der Waals surface area contributed by atoms with Gasteiger partial charge in [0.2, 0.25) is 0 Å². The normalized spacial score (nSPS) is 19.9. The summed E-state index contributed by atoms with van der Waals surface area (Å²) in [5.41, 5.74) is 2.99. The van der Waals surface area contributed by atoms with Crippen LogP contribution >= 0.6 is 0 Å². The molecule has 1 amide bonds. The summed E-state index contributed by atoms with van der Waals surface area (Å²) in [5.74, 6) is -0.218. The van der Waals surface area contributed by atoms with Crippen molar-refractivity contribution in [3.63, 3.8) is 0 Å². The van der Waals surface area contributed by atoms with E-state index in [-0.39, 0.29) is 11.3 Å². The number of aryl methyl sites for hydroxylation is 1. The molecule has 4 heterocycles. The van der Waals surface area contributed by atoms with E-state index in [1.807, 2.05) is 19.1 Å². The molecule has 2 aromatic heterocycles. The smallest absolute Gasteiger partial charge is 0.270 e. The minimum atomic E-state index is -2.58. The largest absolute Gasteiger partial charge is 0.370 e. The minimum Gasteiger partial charge on any atom is -0.370 e. The zero-order valence-electron chi connectivity index (χ0n) is 18.9. The number of aromatic nitrogens is 2. The molecular formula is C24H31F2N5O2. The first kappa shape index (κ1) is 23.4. The number of aromatic amines is 1. The van der Waals surface area contributed by atoms with Crippen LogP contribution in [0.3, 0.4) is 0 Å². The van der Waals surface area contributed by atoms with Gasteiger partial charge in [-0.2, -0.15) is 0 Å². The molecule has 2 aromatic rings. The molecule has 0 aliphatic carbocycles. The number of carbonyl (C=O) groups is 1. The second-order valence-corrected chi connectivity index (χ2v) is 8.82. The van der Waals surface area contributed by atoms with Gasteiger partial charge in [0.25, 0.3) is 17.9 Å². The van der Waals surface area contributed by atoms with Crippen molar-refractivity contribution in [3.05, 3.63) is 57.8 Å². The lowest BCUT2D eigenvalue weighted by atomic mass is 10.0. The first-order valence-corrected chi connectivity index (χ1v) is 11.7. The third kappa shape index (κ3) is 5.58. The van der Waals surface area contributed by atoms with Crippen molar-refractivity contribution in [1.82, 2.24) is 20.2 Å². The van der Waals surface area contributed by atoms with E-state index in [0.29, 0.717) is 12.0 Å². The molecule has 0 aromatic carbocycles. The number of nitrogens with one attached hydrogen (secondary N) is 2. The third-order valence-electron chi connectivity index (χ3n) is 6.80. The number of halogens is 2. The molecule has 0 radical (unpaired) electrons. The molecule has 4 rings (SSSR count).